The molecule has 1 heterocycles. The summed E-state index contributed by atoms with van der Waals surface area (Å²) in [5.41, 5.74) is 0. The van der Waals surface area contributed by atoms with E-state index in [-0.39, 0.29) is 17.2 Å². The maximum atomic E-state index is 11.7. The minimum atomic E-state index is -0.153. The predicted molar refractivity (Wildman–Crippen MR) is 72.7 cm³/mol. The molecule has 7 heteroatoms. The molecule has 1 aromatic heterocycles. The largest absolute Gasteiger partial charge is 0.360 e. The summed E-state index contributed by atoms with van der Waals surface area (Å²) >= 11 is 2.90. The molecule has 1 rings (SSSR count). The van der Waals surface area contributed by atoms with Gasteiger partial charge in [0.15, 0.2) is 4.34 Å². The number of aromatic nitrogens is 2. The third-order valence-corrected chi connectivity index (χ3v) is 3.88. The van der Waals surface area contributed by atoms with Crippen LogP contribution in [0.3, 0.4) is 0 Å². The molecule has 0 aromatic carbocycles. The molecule has 0 saturated carbocycles. The van der Waals surface area contributed by atoms with Gasteiger partial charge in [-0.15, -0.1) is 10.2 Å². The summed E-state index contributed by atoms with van der Waals surface area (Å²) < 4.78 is 0.812. The summed E-state index contributed by atoms with van der Waals surface area (Å²) in [6.07, 6.45) is 0. The Hall–Kier alpha value is -0.820. The number of carbonyl (C=O) groups is 1. The summed E-state index contributed by atoms with van der Waals surface area (Å²) in [5, 5.41) is 14.6. The van der Waals surface area contributed by atoms with Crippen LogP contribution in [0.1, 0.15) is 27.7 Å². The second-order valence-corrected chi connectivity index (χ2v) is 6.39. The van der Waals surface area contributed by atoms with Gasteiger partial charge in [-0.1, -0.05) is 23.1 Å². The first-order valence-electron chi connectivity index (χ1n) is 5.57. The maximum Gasteiger partial charge on any atom is 0.233 e. The van der Waals surface area contributed by atoms with E-state index in [2.05, 4.69) is 20.8 Å². The number of rotatable bonds is 6. The Labute approximate surface area is 110 Å². The highest BCUT2D eigenvalue weighted by Gasteiger charge is 2.17. The molecule has 0 radical (unpaired) electrons. The fourth-order valence-electron chi connectivity index (χ4n) is 1.09. The van der Waals surface area contributed by atoms with Crippen LogP contribution in [0.5, 0.6) is 0 Å². The zero-order chi connectivity index (χ0) is 12.8. The van der Waals surface area contributed by atoms with Gasteiger partial charge in [0.1, 0.15) is 0 Å². The highest BCUT2D eigenvalue weighted by Crippen LogP contribution is 2.28. The zero-order valence-corrected chi connectivity index (χ0v) is 12.1. The molecule has 0 aliphatic heterocycles. The van der Waals surface area contributed by atoms with Gasteiger partial charge in [0.2, 0.25) is 11.0 Å². The Morgan fingerprint density at radius 3 is 2.71 bits per heavy atom. The SMILES string of the molecule is CCNc1nnc(S[C@@H](C)C(=O)NC(C)C)s1. The molecule has 1 amide bonds. The minimum absolute atomic E-state index is 0.0326. The molecule has 1 aromatic rings. The smallest absolute Gasteiger partial charge is 0.233 e. The average molecular weight is 274 g/mol. The van der Waals surface area contributed by atoms with E-state index >= 15 is 0 Å². The topological polar surface area (TPSA) is 66.9 Å². The Morgan fingerprint density at radius 2 is 2.12 bits per heavy atom. The van der Waals surface area contributed by atoms with Crippen molar-refractivity contribution in [2.45, 2.75) is 43.3 Å². The van der Waals surface area contributed by atoms with Gasteiger partial charge in [0.25, 0.3) is 0 Å². The van der Waals surface area contributed by atoms with Crippen molar-refractivity contribution in [3.05, 3.63) is 0 Å². The Kier molecular flexibility index (Phi) is 5.70. The van der Waals surface area contributed by atoms with Gasteiger partial charge in [-0.25, -0.2) is 0 Å². The molecule has 0 aliphatic rings. The lowest BCUT2D eigenvalue weighted by Crippen LogP contribution is -2.35. The molecular weight excluding hydrogens is 256 g/mol. The molecule has 17 heavy (non-hydrogen) atoms. The van der Waals surface area contributed by atoms with E-state index < -0.39 is 0 Å². The van der Waals surface area contributed by atoms with E-state index in [1.165, 1.54) is 23.1 Å². The van der Waals surface area contributed by atoms with Crippen LogP contribution >= 0.6 is 23.1 Å². The Bertz CT molecular complexity index is 367. The number of thioether (sulfide) groups is 1. The molecule has 0 spiro atoms. The number of amides is 1. The number of nitrogens with one attached hydrogen (secondary N) is 2. The van der Waals surface area contributed by atoms with Crippen molar-refractivity contribution in [3.8, 4) is 0 Å². The molecule has 0 unspecified atom stereocenters. The van der Waals surface area contributed by atoms with Crippen LogP contribution in [0.15, 0.2) is 4.34 Å². The quantitative estimate of drug-likeness (QED) is 0.776. The van der Waals surface area contributed by atoms with Gasteiger partial charge in [-0.2, -0.15) is 0 Å². The van der Waals surface area contributed by atoms with Crippen molar-refractivity contribution in [3.63, 3.8) is 0 Å². The fourth-order valence-corrected chi connectivity index (χ4v) is 3.06. The number of nitrogens with zero attached hydrogens (tertiary/aromatic N) is 2. The third-order valence-electron chi connectivity index (χ3n) is 1.81. The van der Waals surface area contributed by atoms with E-state index in [1.807, 2.05) is 27.7 Å². The highest BCUT2D eigenvalue weighted by molar-refractivity contribution is 8.02. The lowest BCUT2D eigenvalue weighted by molar-refractivity contribution is -0.120. The van der Waals surface area contributed by atoms with Crippen molar-refractivity contribution in [2.75, 3.05) is 11.9 Å². The minimum Gasteiger partial charge on any atom is -0.360 e. The van der Waals surface area contributed by atoms with E-state index in [0.717, 1.165) is 16.0 Å². The van der Waals surface area contributed by atoms with E-state index in [9.17, 15) is 4.79 Å². The number of hydrogen-bond acceptors (Lipinski definition) is 6. The van der Waals surface area contributed by atoms with Crippen molar-refractivity contribution in [1.82, 2.24) is 15.5 Å². The molecule has 0 saturated heterocycles. The number of anilines is 1. The lowest BCUT2D eigenvalue weighted by atomic mass is 10.3. The number of carbonyl (C=O) groups excluding carboxylic acids is 1. The van der Waals surface area contributed by atoms with Gasteiger partial charge in [0.05, 0.1) is 5.25 Å². The Balaban J connectivity index is 2.49. The summed E-state index contributed by atoms with van der Waals surface area (Å²) in [5.74, 6) is 0.0326. The van der Waals surface area contributed by atoms with Crippen LogP contribution in [0, 0.1) is 0 Å². The van der Waals surface area contributed by atoms with Crippen molar-refractivity contribution >= 4 is 34.1 Å². The van der Waals surface area contributed by atoms with Gasteiger partial charge >= 0.3 is 0 Å². The molecule has 1 atom stereocenters. The normalized spacial score (nSPS) is 12.5. The van der Waals surface area contributed by atoms with Crippen molar-refractivity contribution < 1.29 is 4.79 Å². The van der Waals surface area contributed by atoms with Crippen LogP contribution in [-0.4, -0.2) is 33.9 Å². The van der Waals surface area contributed by atoms with Crippen LogP contribution in [-0.2, 0) is 4.79 Å². The summed E-state index contributed by atoms with van der Waals surface area (Å²) in [6, 6.07) is 0.164. The molecule has 0 aliphatic carbocycles. The third kappa shape index (κ3) is 4.91. The highest BCUT2D eigenvalue weighted by atomic mass is 32.2. The van der Waals surface area contributed by atoms with Crippen LogP contribution < -0.4 is 10.6 Å². The average Bonchev–Trinajstić information content (AvgIpc) is 2.65. The first-order valence-corrected chi connectivity index (χ1v) is 7.27. The van der Waals surface area contributed by atoms with Crippen LogP contribution in [0.2, 0.25) is 0 Å². The van der Waals surface area contributed by atoms with E-state index in [1.54, 1.807) is 0 Å². The molecule has 5 nitrogen and oxygen atoms in total. The van der Waals surface area contributed by atoms with E-state index in [4.69, 9.17) is 0 Å². The monoisotopic (exact) mass is 274 g/mol. The zero-order valence-electron chi connectivity index (χ0n) is 10.5. The molecule has 96 valence electrons. The standard InChI is InChI=1S/C10H18N4OS2/c1-5-11-9-13-14-10(17-9)16-7(4)8(15)12-6(2)3/h6-7H,5H2,1-4H3,(H,11,13)(H,12,15)/t7-/m0/s1. The van der Waals surface area contributed by atoms with Crippen LogP contribution in [0.25, 0.3) is 0 Å². The summed E-state index contributed by atoms with van der Waals surface area (Å²) in [4.78, 5) is 11.7. The fraction of sp³-hybridized carbons (Fsp3) is 0.700. The second kappa shape index (κ2) is 6.80. The van der Waals surface area contributed by atoms with Gasteiger partial charge in [-0.3, -0.25) is 4.79 Å². The van der Waals surface area contributed by atoms with Gasteiger partial charge in [-0.05, 0) is 27.7 Å². The first-order chi connectivity index (χ1) is 8.02. The van der Waals surface area contributed by atoms with Gasteiger partial charge < -0.3 is 10.6 Å². The Morgan fingerprint density at radius 1 is 1.41 bits per heavy atom. The maximum absolute atomic E-state index is 11.7. The van der Waals surface area contributed by atoms with Crippen molar-refractivity contribution in [1.29, 1.82) is 0 Å². The molecule has 0 fully saturated rings. The second-order valence-electron chi connectivity index (χ2n) is 3.83. The number of hydrogen-bond donors (Lipinski definition) is 2. The van der Waals surface area contributed by atoms with E-state index in [0.29, 0.717) is 0 Å². The lowest BCUT2D eigenvalue weighted by Gasteiger charge is -2.12. The van der Waals surface area contributed by atoms with Crippen molar-refractivity contribution in [2.24, 2.45) is 0 Å². The molecule has 2 N–H and O–H groups in total. The van der Waals surface area contributed by atoms with Crippen LogP contribution in [0.4, 0.5) is 5.13 Å². The predicted octanol–water partition coefficient (Wildman–Crippen LogP) is 1.98. The molecule has 0 bridgehead atoms. The summed E-state index contributed by atoms with van der Waals surface area (Å²) in [7, 11) is 0. The first kappa shape index (κ1) is 14.2. The molecular formula is C10H18N4OS2. The summed E-state index contributed by atoms with van der Waals surface area (Å²) in [6.45, 7) is 8.60. The van der Waals surface area contributed by atoms with Gasteiger partial charge in [0, 0.05) is 12.6 Å².